The van der Waals surface area contributed by atoms with Crippen molar-refractivity contribution < 1.29 is 14.6 Å². The zero-order valence-corrected chi connectivity index (χ0v) is 16.8. The van der Waals surface area contributed by atoms with Gasteiger partial charge in [0.25, 0.3) is 0 Å². The first-order valence-corrected chi connectivity index (χ1v) is 10.8. The molecule has 4 rings (SSSR count). The van der Waals surface area contributed by atoms with Crippen molar-refractivity contribution in [1.82, 2.24) is 0 Å². The van der Waals surface area contributed by atoms with E-state index in [0.29, 0.717) is 29.5 Å². The predicted octanol–water partition coefficient (Wildman–Crippen LogP) is 4.53. The lowest BCUT2D eigenvalue weighted by atomic mass is 9.44. The Labute approximate surface area is 158 Å². The SMILES string of the molecule is COCCC[C@@H]1CC2=CC(=O)CC[C@]2(C)[C@H]2CC[C@]3(C)[C@@H](O)CC[C@H]3[C@H]12. The lowest BCUT2D eigenvalue weighted by Crippen LogP contribution is -2.54. The van der Waals surface area contributed by atoms with E-state index in [1.807, 2.05) is 6.08 Å². The summed E-state index contributed by atoms with van der Waals surface area (Å²) in [6.07, 6.45) is 11.6. The van der Waals surface area contributed by atoms with Crippen LogP contribution in [-0.2, 0) is 9.53 Å². The van der Waals surface area contributed by atoms with Crippen molar-refractivity contribution in [2.75, 3.05) is 13.7 Å². The summed E-state index contributed by atoms with van der Waals surface area (Å²) in [5.74, 6) is 3.03. The van der Waals surface area contributed by atoms with Crippen LogP contribution < -0.4 is 0 Å². The first-order valence-electron chi connectivity index (χ1n) is 10.8. The standard InChI is InChI=1S/C23H36O3/c1-22-10-8-17(24)14-16(22)13-15(5-4-12-26-3)21-18-6-7-20(25)23(18,2)11-9-19(21)22/h14-15,18-21,25H,4-13H2,1-3H3/t15-,18+,19+,20+,21+,22+,23+/m1/s1. The van der Waals surface area contributed by atoms with E-state index in [0.717, 1.165) is 45.1 Å². The maximum atomic E-state index is 12.1. The second-order valence-corrected chi connectivity index (χ2v) is 10.1. The van der Waals surface area contributed by atoms with Crippen LogP contribution in [0.3, 0.4) is 0 Å². The topological polar surface area (TPSA) is 46.5 Å². The van der Waals surface area contributed by atoms with E-state index in [4.69, 9.17) is 4.74 Å². The fourth-order valence-corrected chi connectivity index (χ4v) is 7.46. The molecule has 0 aromatic rings. The lowest BCUT2D eigenvalue weighted by molar-refractivity contribution is -0.120. The molecule has 3 saturated carbocycles. The van der Waals surface area contributed by atoms with E-state index in [1.165, 1.54) is 24.8 Å². The van der Waals surface area contributed by atoms with Crippen LogP contribution in [0.25, 0.3) is 0 Å². The van der Waals surface area contributed by atoms with E-state index in [2.05, 4.69) is 13.8 Å². The molecule has 0 heterocycles. The molecular formula is C23H36O3. The Morgan fingerprint density at radius 3 is 2.77 bits per heavy atom. The molecule has 0 bridgehead atoms. The van der Waals surface area contributed by atoms with Crippen LogP contribution in [0.1, 0.15) is 71.6 Å². The molecule has 146 valence electrons. The number of rotatable bonds is 4. The molecule has 0 unspecified atom stereocenters. The molecule has 7 atom stereocenters. The number of methoxy groups -OCH3 is 1. The van der Waals surface area contributed by atoms with Gasteiger partial charge in [-0.1, -0.05) is 19.4 Å². The van der Waals surface area contributed by atoms with Gasteiger partial charge in [0.05, 0.1) is 6.10 Å². The molecule has 0 radical (unpaired) electrons. The first kappa shape index (κ1) is 18.7. The number of ketones is 1. The monoisotopic (exact) mass is 360 g/mol. The van der Waals surface area contributed by atoms with E-state index in [1.54, 1.807) is 7.11 Å². The molecule has 26 heavy (non-hydrogen) atoms. The zero-order valence-electron chi connectivity index (χ0n) is 16.8. The average Bonchev–Trinajstić information content (AvgIpc) is 2.91. The third kappa shape index (κ3) is 2.73. The summed E-state index contributed by atoms with van der Waals surface area (Å²) in [4.78, 5) is 12.1. The number of aliphatic hydroxyl groups excluding tert-OH is 1. The zero-order chi connectivity index (χ0) is 18.5. The maximum absolute atomic E-state index is 12.1. The Hall–Kier alpha value is -0.670. The molecule has 0 aromatic carbocycles. The molecule has 4 aliphatic rings. The van der Waals surface area contributed by atoms with Crippen molar-refractivity contribution in [3.63, 3.8) is 0 Å². The van der Waals surface area contributed by atoms with E-state index < -0.39 is 0 Å². The predicted molar refractivity (Wildman–Crippen MR) is 103 cm³/mol. The van der Waals surface area contributed by atoms with Gasteiger partial charge < -0.3 is 9.84 Å². The van der Waals surface area contributed by atoms with Crippen molar-refractivity contribution in [2.24, 2.45) is 34.5 Å². The molecule has 3 nitrogen and oxygen atoms in total. The Kier molecular flexibility index (Phi) is 4.84. The van der Waals surface area contributed by atoms with Crippen LogP contribution in [0.5, 0.6) is 0 Å². The summed E-state index contributed by atoms with van der Waals surface area (Å²) < 4.78 is 5.33. The minimum absolute atomic E-state index is 0.114. The molecule has 0 aliphatic heterocycles. The van der Waals surface area contributed by atoms with Crippen LogP contribution in [0.4, 0.5) is 0 Å². The lowest BCUT2D eigenvalue weighted by Gasteiger charge is -2.60. The van der Waals surface area contributed by atoms with Gasteiger partial charge in [-0.25, -0.2) is 0 Å². The molecule has 3 heteroatoms. The van der Waals surface area contributed by atoms with E-state index >= 15 is 0 Å². The summed E-state index contributed by atoms with van der Waals surface area (Å²) >= 11 is 0. The molecule has 0 spiro atoms. The minimum atomic E-state index is -0.120. The largest absolute Gasteiger partial charge is 0.393 e. The fourth-order valence-electron chi connectivity index (χ4n) is 7.46. The van der Waals surface area contributed by atoms with Crippen LogP contribution >= 0.6 is 0 Å². The van der Waals surface area contributed by atoms with Crippen molar-refractivity contribution >= 4 is 5.78 Å². The van der Waals surface area contributed by atoms with Crippen LogP contribution in [0, 0.1) is 34.5 Å². The quantitative estimate of drug-likeness (QED) is 0.749. The molecule has 0 aromatic heterocycles. The van der Waals surface area contributed by atoms with Gasteiger partial charge in [0, 0.05) is 20.1 Å². The van der Waals surface area contributed by atoms with Gasteiger partial charge in [0.15, 0.2) is 5.78 Å². The number of aliphatic hydroxyl groups is 1. The number of allylic oxidation sites excluding steroid dienone is 1. The average molecular weight is 361 g/mol. The molecule has 4 aliphatic carbocycles. The Balaban J connectivity index is 1.69. The smallest absolute Gasteiger partial charge is 0.155 e. The Bertz CT molecular complexity index is 596. The van der Waals surface area contributed by atoms with Crippen LogP contribution in [-0.4, -0.2) is 30.7 Å². The third-order valence-electron chi connectivity index (χ3n) is 9.01. The van der Waals surface area contributed by atoms with Crippen molar-refractivity contribution in [3.8, 4) is 0 Å². The molecular weight excluding hydrogens is 324 g/mol. The van der Waals surface area contributed by atoms with Gasteiger partial charge in [0.1, 0.15) is 0 Å². The van der Waals surface area contributed by atoms with Crippen LogP contribution in [0.2, 0.25) is 0 Å². The summed E-state index contributed by atoms with van der Waals surface area (Å²) in [5, 5.41) is 10.7. The number of carbonyl (C=O) groups is 1. The summed E-state index contributed by atoms with van der Waals surface area (Å²) in [6.45, 7) is 5.63. The summed E-state index contributed by atoms with van der Waals surface area (Å²) in [5.41, 5.74) is 1.77. The molecule has 1 N–H and O–H groups in total. The number of fused-ring (bicyclic) bond motifs is 5. The number of hydrogen-bond acceptors (Lipinski definition) is 3. The number of ether oxygens (including phenoxy) is 1. The maximum Gasteiger partial charge on any atom is 0.155 e. The normalized spacial score (nSPS) is 47.8. The first-order chi connectivity index (χ1) is 12.4. The van der Waals surface area contributed by atoms with Crippen molar-refractivity contribution in [3.05, 3.63) is 11.6 Å². The Morgan fingerprint density at radius 1 is 1.19 bits per heavy atom. The second kappa shape index (κ2) is 6.74. The van der Waals surface area contributed by atoms with Gasteiger partial charge in [-0.2, -0.15) is 0 Å². The fraction of sp³-hybridized carbons (Fsp3) is 0.870. The highest BCUT2D eigenvalue weighted by Gasteiger charge is 2.60. The molecule has 0 amide bonds. The second-order valence-electron chi connectivity index (χ2n) is 10.1. The molecule has 3 fully saturated rings. The van der Waals surface area contributed by atoms with Gasteiger partial charge in [-0.05, 0) is 91.9 Å². The Morgan fingerprint density at radius 2 is 2.00 bits per heavy atom. The highest BCUT2D eigenvalue weighted by molar-refractivity contribution is 5.91. The van der Waals surface area contributed by atoms with Crippen LogP contribution in [0.15, 0.2) is 11.6 Å². The van der Waals surface area contributed by atoms with E-state index in [9.17, 15) is 9.90 Å². The van der Waals surface area contributed by atoms with Crippen molar-refractivity contribution in [2.45, 2.75) is 77.7 Å². The van der Waals surface area contributed by atoms with Gasteiger partial charge in [-0.3, -0.25) is 4.79 Å². The number of carbonyl (C=O) groups excluding carboxylic acids is 1. The highest BCUT2D eigenvalue weighted by Crippen LogP contribution is 2.67. The van der Waals surface area contributed by atoms with Gasteiger partial charge >= 0.3 is 0 Å². The number of hydrogen-bond donors (Lipinski definition) is 1. The summed E-state index contributed by atoms with van der Waals surface area (Å²) in [7, 11) is 1.79. The minimum Gasteiger partial charge on any atom is -0.393 e. The highest BCUT2D eigenvalue weighted by atomic mass is 16.5. The van der Waals surface area contributed by atoms with Crippen molar-refractivity contribution in [1.29, 1.82) is 0 Å². The summed E-state index contributed by atoms with van der Waals surface area (Å²) in [6, 6.07) is 0. The molecule has 0 saturated heterocycles. The van der Waals surface area contributed by atoms with E-state index in [-0.39, 0.29) is 16.9 Å². The third-order valence-corrected chi connectivity index (χ3v) is 9.01. The van der Waals surface area contributed by atoms with Gasteiger partial charge in [0.2, 0.25) is 0 Å². The van der Waals surface area contributed by atoms with Gasteiger partial charge in [-0.15, -0.1) is 0 Å².